The fourth-order valence-electron chi connectivity index (χ4n) is 3.69. The molecule has 0 bridgehead atoms. The number of benzene rings is 3. The van der Waals surface area contributed by atoms with Crippen molar-refractivity contribution in [2.75, 3.05) is 5.73 Å². The van der Waals surface area contributed by atoms with Crippen LogP contribution in [0.3, 0.4) is 0 Å². The second-order valence-electron chi connectivity index (χ2n) is 8.01. The average molecular weight is 422 g/mol. The molecule has 2 heterocycles. The van der Waals surface area contributed by atoms with Crippen LogP contribution in [0.15, 0.2) is 72.8 Å². The van der Waals surface area contributed by atoms with E-state index in [4.69, 9.17) is 15.7 Å². The van der Waals surface area contributed by atoms with Crippen molar-refractivity contribution in [2.24, 2.45) is 0 Å². The van der Waals surface area contributed by atoms with E-state index in [2.05, 4.69) is 93.6 Å². The third kappa shape index (κ3) is 3.60. The third-order valence-electron chi connectivity index (χ3n) is 5.51. The summed E-state index contributed by atoms with van der Waals surface area (Å²) in [6.07, 6.45) is 0. The summed E-state index contributed by atoms with van der Waals surface area (Å²) < 4.78 is 0. The first-order chi connectivity index (χ1) is 15.0. The van der Waals surface area contributed by atoms with Crippen molar-refractivity contribution in [3.63, 3.8) is 0 Å². The number of anilines is 1. The van der Waals surface area contributed by atoms with E-state index >= 15 is 0 Å². The highest BCUT2D eigenvalue weighted by molar-refractivity contribution is 7.20. The molecule has 5 rings (SSSR count). The second-order valence-corrected chi connectivity index (χ2v) is 9.03. The minimum atomic E-state index is 0.456. The molecule has 3 nitrogen and oxygen atoms in total. The van der Waals surface area contributed by atoms with E-state index in [1.165, 1.54) is 16.7 Å². The number of nitrogens with two attached hydrogens (primary N) is 1. The highest BCUT2D eigenvalue weighted by Gasteiger charge is 2.20. The number of rotatable bonds is 3. The number of thiophene rings is 1. The molecule has 0 radical (unpaired) electrons. The number of nitrogen functional groups attached to an aromatic ring is 1. The second kappa shape index (κ2) is 7.64. The van der Waals surface area contributed by atoms with E-state index in [-0.39, 0.29) is 0 Å². The molecule has 0 aliphatic heterocycles. The van der Waals surface area contributed by atoms with Gasteiger partial charge in [0.25, 0.3) is 0 Å². The molecule has 3 aromatic carbocycles. The molecule has 0 fully saturated rings. The molecule has 0 aliphatic rings. The van der Waals surface area contributed by atoms with Gasteiger partial charge in [0.15, 0.2) is 5.82 Å². The smallest absolute Gasteiger partial charge is 0.150 e. The lowest BCUT2D eigenvalue weighted by molar-refractivity contribution is 1.31. The van der Waals surface area contributed by atoms with E-state index in [1.54, 1.807) is 11.3 Å². The minimum Gasteiger partial charge on any atom is -0.382 e. The lowest BCUT2D eigenvalue weighted by Gasteiger charge is -2.07. The topological polar surface area (TPSA) is 51.8 Å². The molecular weight excluding hydrogens is 398 g/mol. The molecular formula is C27H23N3S. The minimum absolute atomic E-state index is 0.456. The van der Waals surface area contributed by atoms with Gasteiger partial charge in [-0.25, -0.2) is 9.97 Å². The molecule has 0 saturated heterocycles. The Labute approximate surface area is 186 Å². The van der Waals surface area contributed by atoms with Crippen LogP contribution in [0.25, 0.3) is 43.2 Å². The molecule has 0 spiro atoms. The lowest BCUT2D eigenvalue weighted by atomic mass is 10.1. The first-order valence-electron chi connectivity index (χ1n) is 10.3. The van der Waals surface area contributed by atoms with Gasteiger partial charge in [-0.3, -0.25) is 0 Å². The summed E-state index contributed by atoms with van der Waals surface area (Å²) in [5.41, 5.74) is 15.8. The summed E-state index contributed by atoms with van der Waals surface area (Å²) in [5, 5.41) is 0. The summed E-state index contributed by atoms with van der Waals surface area (Å²) in [4.78, 5) is 12.1. The van der Waals surface area contributed by atoms with Gasteiger partial charge in [-0.2, -0.15) is 0 Å². The third-order valence-corrected chi connectivity index (χ3v) is 6.78. The summed E-state index contributed by atoms with van der Waals surface area (Å²) in [6, 6.07) is 25.4. The number of aryl methyl sites for hydroxylation is 3. The Morgan fingerprint density at radius 3 is 1.39 bits per heavy atom. The van der Waals surface area contributed by atoms with E-state index in [0.717, 1.165) is 43.2 Å². The van der Waals surface area contributed by atoms with E-state index in [9.17, 15) is 0 Å². The van der Waals surface area contributed by atoms with Crippen molar-refractivity contribution < 1.29 is 0 Å². The van der Waals surface area contributed by atoms with Crippen LogP contribution in [-0.2, 0) is 0 Å². The zero-order chi connectivity index (χ0) is 21.5. The van der Waals surface area contributed by atoms with Gasteiger partial charge in [0.05, 0.1) is 9.75 Å². The molecule has 0 atom stereocenters. The van der Waals surface area contributed by atoms with Gasteiger partial charge in [0.2, 0.25) is 0 Å². The molecule has 2 N–H and O–H groups in total. The summed E-state index contributed by atoms with van der Waals surface area (Å²) in [6.45, 7) is 6.27. The molecule has 0 unspecified atom stereocenters. The van der Waals surface area contributed by atoms with Gasteiger partial charge < -0.3 is 5.73 Å². The molecule has 0 amide bonds. The quantitative estimate of drug-likeness (QED) is 0.335. The van der Waals surface area contributed by atoms with Gasteiger partial charge in [0, 0.05) is 5.56 Å². The number of aromatic nitrogens is 2. The molecule has 31 heavy (non-hydrogen) atoms. The molecule has 4 heteroatoms. The standard InChI is InChI=1S/C27H23N3S/c1-16-4-10-19(11-5-16)22-27(28)30-24-23(29-22)25(20-12-6-17(2)7-13-20)31-26(24)21-14-8-18(3)9-15-21/h4-15H,1-3H3,(H2,28,30). The van der Waals surface area contributed by atoms with Crippen molar-refractivity contribution in [1.29, 1.82) is 0 Å². The number of fused-ring (bicyclic) bond motifs is 1. The van der Waals surface area contributed by atoms with Crippen LogP contribution in [-0.4, -0.2) is 9.97 Å². The maximum atomic E-state index is 6.43. The zero-order valence-corrected chi connectivity index (χ0v) is 18.6. The first-order valence-corrected chi connectivity index (χ1v) is 11.1. The average Bonchev–Trinajstić information content (AvgIpc) is 3.13. The SMILES string of the molecule is Cc1ccc(-c2nc3c(-c4ccc(C)cc4)sc(-c4ccc(C)cc4)c3nc2N)cc1. The summed E-state index contributed by atoms with van der Waals surface area (Å²) in [7, 11) is 0. The van der Waals surface area contributed by atoms with E-state index < -0.39 is 0 Å². The highest BCUT2D eigenvalue weighted by atomic mass is 32.1. The van der Waals surface area contributed by atoms with Crippen LogP contribution >= 0.6 is 11.3 Å². The molecule has 2 aromatic heterocycles. The van der Waals surface area contributed by atoms with E-state index in [0.29, 0.717) is 5.82 Å². The maximum Gasteiger partial charge on any atom is 0.150 e. The van der Waals surface area contributed by atoms with Crippen LogP contribution in [0.5, 0.6) is 0 Å². The monoisotopic (exact) mass is 421 g/mol. The fourth-order valence-corrected chi connectivity index (χ4v) is 4.88. The molecule has 5 aromatic rings. The number of nitrogens with zero attached hydrogens (tertiary/aromatic N) is 2. The maximum absolute atomic E-state index is 6.43. The van der Waals surface area contributed by atoms with Gasteiger partial charge >= 0.3 is 0 Å². The summed E-state index contributed by atoms with van der Waals surface area (Å²) >= 11 is 1.73. The zero-order valence-electron chi connectivity index (χ0n) is 17.8. The van der Waals surface area contributed by atoms with Gasteiger partial charge in [0.1, 0.15) is 16.7 Å². The van der Waals surface area contributed by atoms with Gasteiger partial charge in [-0.1, -0.05) is 89.5 Å². The van der Waals surface area contributed by atoms with Crippen LogP contribution < -0.4 is 5.73 Å². The van der Waals surface area contributed by atoms with Crippen molar-refractivity contribution in [3.8, 4) is 32.1 Å². The van der Waals surface area contributed by atoms with Gasteiger partial charge in [-0.05, 0) is 31.9 Å². The highest BCUT2D eigenvalue weighted by Crippen LogP contribution is 2.44. The van der Waals surface area contributed by atoms with Crippen molar-refractivity contribution in [2.45, 2.75) is 20.8 Å². The Balaban J connectivity index is 1.79. The predicted molar refractivity (Wildman–Crippen MR) is 132 cm³/mol. The molecule has 0 saturated carbocycles. The Morgan fingerprint density at radius 1 is 0.548 bits per heavy atom. The largest absolute Gasteiger partial charge is 0.382 e. The first kappa shape index (κ1) is 19.5. The molecule has 0 aliphatic carbocycles. The fraction of sp³-hybridized carbons (Fsp3) is 0.111. The summed E-state index contributed by atoms with van der Waals surface area (Å²) in [5.74, 6) is 0.456. The molecule has 152 valence electrons. The van der Waals surface area contributed by atoms with Gasteiger partial charge in [-0.15, -0.1) is 11.3 Å². The Kier molecular flexibility index (Phi) is 4.79. The van der Waals surface area contributed by atoms with Crippen molar-refractivity contribution >= 4 is 28.2 Å². The Bertz CT molecular complexity index is 1380. The Hall–Kier alpha value is -3.50. The van der Waals surface area contributed by atoms with Crippen LogP contribution in [0, 0.1) is 20.8 Å². The van der Waals surface area contributed by atoms with Crippen LogP contribution in [0.1, 0.15) is 16.7 Å². The van der Waals surface area contributed by atoms with Crippen molar-refractivity contribution in [3.05, 3.63) is 89.5 Å². The normalized spacial score (nSPS) is 11.2. The van der Waals surface area contributed by atoms with Crippen LogP contribution in [0.2, 0.25) is 0 Å². The number of hydrogen-bond acceptors (Lipinski definition) is 4. The lowest BCUT2D eigenvalue weighted by Crippen LogP contribution is -1.98. The predicted octanol–water partition coefficient (Wildman–Crippen LogP) is 7.20. The number of hydrogen-bond donors (Lipinski definition) is 1. The van der Waals surface area contributed by atoms with Crippen LogP contribution in [0.4, 0.5) is 5.82 Å². The van der Waals surface area contributed by atoms with Crippen molar-refractivity contribution in [1.82, 2.24) is 9.97 Å². The van der Waals surface area contributed by atoms with E-state index in [1.807, 2.05) is 0 Å². The Morgan fingerprint density at radius 2 is 0.935 bits per heavy atom.